The Morgan fingerprint density at radius 2 is 0.948 bits per heavy atom. The van der Waals surface area contributed by atoms with Crippen LogP contribution in [0.15, 0.2) is 60.8 Å². The lowest BCUT2D eigenvalue weighted by Crippen LogP contribution is -2.29. The number of hydrogen-bond donors (Lipinski definition) is 3. The molecule has 0 saturated heterocycles. The van der Waals surface area contributed by atoms with Gasteiger partial charge in [-0.05, 0) is 57.8 Å². The Labute approximate surface area is 353 Å². The Morgan fingerprint density at radius 3 is 1.43 bits per heavy atom. The van der Waals surface area contributed by atoms with Gasteiger partial charge in [0, 0.05) is 12.8 Å². The van der Waals surface area contributed by atoms with Crippen molar-refractivity contribution < 1.29 is 47.8 Å². The summed E-state index contributed by atoms with van der Waals surface area (Å²) in [6.07, 6.45) is 47.5. The zero-order valence-electron chi connectivity index (χ0n) is 36.5. The molecule has 11 heteroatoms. The van der Waals surface area contributed by atoms with Gasteiger partial charge in [-0.3, -0.25) is 18.6 Å². The van der Waals surface area contributed by atoms with Crippen LogP contribution in [-0.4, -0.2) is 65.7 Å². The predicted octanol–water partition coefficient (Wildman–Crippen LogP) is 12.3. The molecule has 0 spiro atoms. The maximum Gasteiger partial charge on any atom is 0.472 e. The molecule has 0 fully saturated rings. The van der Waals surface area contributed by atoms with Gasteiger partial charge in [0.1, 0.15) is 12.7 Å². The molecule has 0 rings (SSSR count). The van der Waals surface area contributed by atoms with Crippen molar-refractivity contribution in [2.45, 2.75) is 199 Å². The molecule has 0 amide bonds. The fourth-order valence-electron chi connectivity index (χ4n) is 5.96. The number of ether oxygens (including phenoxy) is 2. The largest absolute Gasteiger partial charge is 0.472 e. The lowest BCUT2D eigenvalue weighted by molar-refractivity contribution is -0.161. The fourth-order valence-corrected chi connectivity index (χ4v) is 6.75. The summed E-state index contributed by atoms with van der Waals surface area (Å²) < 4.78 is 32.7. The lowest BCUT2D eigenvalue weighted by atomic mass is 10.0. The molecule has 0 aromatic heterocycles. The Kier molecular flexibility index (Phi) is 41.1. The molecule has 0 aromatic rings. The molecule has 0 saturated carbocycles. The van der Waals surface area contributed by atoms with Crippen LogP contribution in [0.5, 0.6) is 0 Å². The third-order valence-corrected chi connectivity index (χ3v) is 10.4. The maximum absolute atomic E-state index is 12.6. The van der Waals surface area contributed by atoms with Crippen LogP contribution in [-0.2, 0) is 32.7 Å². The van der Waals surface area contributed by atoms with Crippen LogP contribution < -0.4 is 0 Å². The van der Waals surface area contributed by atoms with Crippen molar-refractivity contribution in [3.05, 3.63) is 60.8 Å². The number of rotatable bonds is 42. The highest BCUT2D eigenvalue weighted by atomic mass is 31.2. The summed E-state index contributed by atoms with van der Waals surface area (Å²) >= 11 is 0. The van der Waals surface area contributed by atoms with Crippen LogP contribution in [0.25, 0.3) is 0 Å². The van der Waals surface area contributed by atoms with Crippen molar-refractivity contribution in [2.24, 2.45) is 0 Å². The maximum atomic E-state index is 12.6. The van der Waals surface area contributed by atoms with Crippen LogP contribution in [0.2, 0.25) is 0 Å². The van der Waals surface area contributed by atoms with E-state index in [1.54, 1.807) is 0 Å². The summed E-state index contributed by atoms with van der Waals surface area (Å²) in [4.78, 5) is 35.0. The predicted molar refractivity (Wildman–Crippen MR) is 237 cm³/mol. The van der Waals surface area contributed by atoms with E-state index in [2.05, 4.69) is 74.6 Å². The molecule has 0 aliphatic carbocycles. The zero-order chi connectivity index (χ0) is 42.6. The number of aliphatic hydroxyl groups is 2. The average Bonchev–Trinajstić information content (AvgIpc) is 3.21. The van der Waals surface area contributed by atoms with Gasteiger partial charge in [-0.2, -0.15) is 0 Å². The number of unbranched alkanes of at least 4 members (excludes halogenated alkanes) is 18. The molecule has 1 unspecified atom stereocenters. The first-order valence-corrected chi connectivity index (χ1v) is 24.2. The summed E-state index contributed by atoms with van der Waals surface area (Å²) in [5.74, 6) is -0.960. The van der Waals surface area contributed by atoms with Crippen LogP contribution in [0, 0.1) is 0 Å². The highest BCUT2D eigenvalue weighted by Crippen LogP contribution is 2.43. The Bertz CT molecular complexity index is 1150. The van der Waals surface area contributed by atoms with E-state index in [9.17, 15) is 24.2 Å². The summed E-state index contributed by atoms with van der Waals surface area (Å²) in [5, 5.41) is 18.3. The molecule has 3 atom stereocenters. The average molecular weight is 839 g/mol. The van der Waals surface area contributed by atoms with Crippen molar-refractivity contribution in [1.29, 1.82) is 0 Å². The minimum atomic E-state index is -4.63. The molecule has 10 nitrogen and oxygen atoms in total. The van der Waals surface area contributed by atoms with E-state index in [4.69, 9.17) is 23.6 Å². The quantitative estimate of drug-likeness (QED) is 0.0235. The minimum Gasteiger partial charge on any atom is -0.462 e. The van der Waals surface area contributed by atoms with Gasteiger partial charge in [0.15, 0.2) is 6.10 Å². The molecule has 58 heavy (non-hydrogen) atoms. The van der Waals surface area contributed by atoms with Crippen LogP contribution in [0.3, 0.4) is 0 Å². The summed E-state index contributed by atoms with van der Waals surface area (Å²) in [5.41, 5.74) is 0. The molecule has 0 aromatic carbocycles. The highest BCUT2D eigenvalue weighted by molar-refractivity contribution is 7.47. The number of phosphoric acid groups is 1. The molecule has 0 heterocycles. The van der Waals surface area contributed by atoms with Gasteiger partial charge < -0.3 is 24.6 Å². The number of carbonyl (C=O) groups is 2. The SMILES string of the molecule is CC/C=C/C/C=C/C/C=C/C/C=C/C/C=C/CCCCCC(=O)O[C@H](COC(=O)CCCCCCCCCCCCCCCCCC)COP(=O)(O)OC[C@@H](O)CO. The monoisotopic (exact) mass is 839 g/mol. The Morgan fingerprint density at radius 1 is 0.534 bits per heavy atom. The molecule has 0 bridgehead atoms. The second-order valence-electron chi connectivity index (χ2n) is 15.1. The van der Waals surface area contributed by atoms with E-state index in [1.165, 1.54) is 77.0 Å². The molecule has 336 valence electrons. The molecular weight excluding hydrogens is 755 g/mol. The number of phosphoric ester groups is 1. The van der Waals surface area contributed by atoms with Crippen molar-refractivity contribution in [1.82, 2.24) is 0 Å². The second kappa shape index (κ2) is 42.8. The number of allylic oxidation sites excluding steroid dienone is 10. The standard InChI is InChI=1S/C47H83O10P/c1-3-5-7-9-11-13-15-17-19-21-22-23-25-27-29-31-33-35-37-39-47(51)57-45(43-56-58(52,53)55-41-44(49)40-48)42-54-46(50)38-36-34-32-30-28-26-24-20-18-16-14-12-10-8-6-4-2/h5,7,11,13,17,19,22-23,27,29,44-45,48-49H,3-4,6,8-10,12,14-16,18,20-21,24-26,28,30-43H2,1-2H3,(H,52,53)/b7-5+,13-11+,19-17+,23-22+,29-27+/t44-,45+/m0/s1. The van der Waals surface area contributed by atoms with Crippen molar-refractivity contribution in [2.75, 3.05) is 26.4 Å². The lowest BCUT2D eigenvalue weighted by Gasteiger charge is -2.20. The van der Waals surface area contributed by atoms with Crippen molar-refractivity contribution in [3.8, 4) is 0 Å². The molecule has 3 N–H and O–H groups in total. The van der Waals surface area contributed by atoms with Crippen LogP contribution in [0.1, 0.15) is 187 Å². The van der Waals surface area contributed by atoms with Gasteiger partial charge in [-0.25, -0.2) is 4.57 Å². The number of hydrogen-bond acceptors (Lipinski definition) is 9. The van der Waals surface area contributed by atoms with E-state index in [0.29, 0.717) is 12.8 Å². The van der Waals surface area contributed by atoms with Crippen molar-refractivity contribution >= 4 is 19.8 Å². The van der Waals surface area contributed by atoms with Crippen LogP contribution in [0.4, 0.5) is 0 Å². The smallest absolute Gasteiger partial charge is 0.462 e. The van der Waals surface area contributed by atoms with Crippen molar-refractivity contribution in [3.63, 3.8) is 0 Å². The number of carbonyl (C=O) groups excluding carboxylic acids is 2. The molecular formula is C47H83O10P. The summed E-state index contributed by atoms with van der Waals surface area (Å²) in [6, 6.07) is 0. The van der Waals surface area contributed by atoms with Gasteiger partial charge in [-0.1, -0.05) is 177 Å². The third kappa shape index (κ3) is 41.8. The summed E-state index contributed by atoms with van der Waals surface area (Å²) in [6.45, 7) is 2.24. The first-order chi connectivity index (χ1) is 28.2. The van der Waals surface area contributed by atoms with Gasteiger partial charge in [0.25, 0.3) is 0 Å². The van der Waals surface area contributed by atoms with Crippen LogP contribution >= 0.6 is 7.82 Å². The second-order valence-corrected chi connectivity index (χ2v) is 16.5. The molecule has 0 aliphatic rings. The van der Waals surface area contributed by atoms with E-state index in [1.807, 2.05) is 0 Å². The summed E-state index contributed by atoms with van der Waals surface area (Å²) in [7, 11) is -4.63. The van der Waals surface area contributed by atoms with Gasteiger partial charge in [0.05, 0.1) is 19.8 Å². The number of esters is 2. The highest BCUT2D eigenvalue weighted by Gasteiger charge is 2.27. The first kappa shape index (κ1) is 55.7. The first-order valence-electron chi connectivity index (χ1n) is 22.7. The normalized spacial score (nSPS) is 14.4. The van der Waals surface area contributed by atoms with Gasteiger partial charge in [-0.15, -0.1) is 0 Å². The third-order valence-electron chi connectivity index (χ3n) is 9.44. The number of aliphatic hydroxyl groups excluding tert-OH is 2. The fraction of sp³-hybridized carbons (Fsp3) is 0.745. The van der Waals surface area contributed by atoms with Gasteiger partial charge >= 0.3 is 19.8 Å². The topological polar surface area (TPSA) is 149 Å². The Balaban J connectivity index is 4.33. The molecule has 0 radical (unpaired) electrons. The van der Waals surface area contributed by atoms with E-state index in [0.717, 1.165) is 70.6 Å². The zero-order valence-corrected chi connectivity index (χ0v) is 37.4. The molecule has 0 aliphatic heterocycles. The van der Waals surface area contributed by atoms with Gasteiger partial charge in [0.2, 0.25) is 0 Å². The van der Waals surface area contributed by atoms with E-state index in [-0.39, 0.29) is 19.4 Å². The van der Waals surface area contributed by atoms with E-state index >= 15 is 0 Å². The Hall–Kier alpha value is -2.33. The van der Waals surface area contributed by atoms with E-state index < -0.39 is 51.8 Å². The minimum absolute atomic E-state index is 0.144.